The maximum Gasteiger partial charge on any atom is 0.436 e. The lowest BCUT2D eigenvalue weighted by atomic mass is 9.90. The van der Waals surface area contributed by atoms with E-state index in [4.69, 9.17) is 11.6 Å². The number of anilines is 1. The van der Waals surface area contributed by atoms with E-state index in [1.54, 1.807) is 24.1 Å². The first-order valence-electron chi connectivity index (χ1n) is 13.1. The Balaban J connectivity index is 1.19. The van der Waals surface area contributed by atoms with E-state index in [9.17, 15) is 27.9 Å². The molecule has 3 N–H and O–H groups in total. The number of benzene rings is 2. The van der Waals surface area contributed by atoms with Gasteiger partial charge in [0, 0.05) is 43.9 Å². The minimum Gasteiger partial charge on any atom is -0.364 e. The van der Waals surface area contributed by atoms with Crippen molar-refractivity contribution in [2.24, 2.45) is 5.92 Å². The number of aliphatic hydroxyl groups is 1. The number of urea groups is 1. The molecule has 0 aromatic heterocycles. The zero-order valence-electron chi connectivity index (χ0n) is 21.8. The van der Waals surface area contributed by atoms with Gasteiger partial charge in [-0.2, -0.15) is 13.2 Å². The zero-order valence-corrected chi connectivity index (χ0v) is 22.6. The van der Waals surface area contributed by atoms with Crippen LogP contribution in [0.2, 0.25) is 0 Å². The summed E-state index contributed by atoms with van der Waals surface area (Å²) in [5.41, 5.74) is 2.37. The lowest BCUT2D eigenvalue weighted by Crippen LogP contribution is -2.49. The largest absolute Gasteiger partial charge is 0.436 e. The first-order chi connectivity index (χ1) is 18.4. The molecule has 11 heteroatoms. The molecule has 2 aromatic carbocycles. The highest BCUT2D eigenvalue weighted by molar-refractivity contribution is 6.23. The number of alkyl halides is 4. The van der Waals surface area contributed by atoms with Crippen LogP contribution in [0, 0.1) is 5.92 Å². The standard InChI is InChI=1S/C28H34ClF3N4O3/c1-35-18-24(10-11-25(35)37)34-26(38)33-23-8-4-19(5-9-23)16-20-12-14-36(15-13-20)17-21-2-6-22(7-3-21)27(29,39)28(30,31)32/h2-9,20,24,39H,10-18H2,1H3,(H2,33,34,38). The number of nitrogens with zero attached hydrogens (tertiary/aromatic N) is 2. The summed E-state index contributed by atoms with van der Waals surface area (Å²) in [6.45, 7) is 2.90. The summed E-state index contributed by atoms with van der Waals surface area (Å²) in [5.74, 6) is 0.619. The average molecular weight is 567 g/mol. The highest BCUT2D eigenvalue weighted by Gasteiger charge is 2.54. The first kappa shape index (κ1) is 29.2. The van der Waals surface area contributed by atoms with Crippen molar-refractivity contribution in [1.29, 1.82) is 0 Å². The van der Waals surface area contributed by atoms with Gasteiger partial charge in [0.05, 0.1) is 0 Å². The molecule has 0 saturated carbocycles. The predicted molar refractivity (Wildman–Crippen MR) is 143 cm³/mol. The second-order valence-electron chi connectivity index (χ2n) is 10.5. The number of carbonyl (C=O) groups is 2. The van der Waals surface area contributed by atoms with Gasteiger partial charge in [-0.3, -0.25) is 9.69 Å². The Bertz CT molecular complexity index is 1130. The molecule has 2 atom stereocenters. The van der Waals surface area contributed by atoms with E-state index in [0.717, 1.165) is 37.9 Å². The summed E-state index contributed by atoms with van der Waals surface area (Å²) >= 11 is 5.33. The third-order valence-corrected chi connectivity index (χ3v) is 7.96. The van der Waals surface area contributed by atoms with Crippen molar-refractivity contribution < 1.29 is 27.9 Å². The van der Waals surface area contributed by atoms with Gasteiger partial charge in [0.15, 0.2) is 0 Å². The predicted octanol–water partition coefficient (Wildman–Crippen LogP) is 4.83. The van der Waals surface area contributed by atoms with E-state index in [0.29, 0.717) is 37.5 Å². The molecule has 2 heterocycles. The molecule has 2 saturated heterocycles. The number of hydrogen-bond donors (Lipinski definition) is 3. The molecular formula is C28H34ClF3N4O3. The number of nitrogens with one attached hydrogen (secondary N) is 2. The van der Waals surface area contributed by atoms with Crippen LogP contribution in [0.1, 0.15) is 42.4 Å². The van der Waals surface area contributed by atoms with E-state index >= 15 is 0 Å². The van der Waals surface area contributed by atoms with Crippen molar-refractivity contribution in [2.75, 3.05) is 32.0 Å². The number of rotatable bonds is 7. The van der Waals surface area contributed by atoms with Crippen LogP contribution in [0.4, 0.5) is 23.7 Å². The third-order valence-electron chi connectivity index (χ3n) is 7.52. The number of amides is 3. The zero-order chi connectivity index (χ0) is 28.2. The summed E-state index contributed by atoms with van der Waals surface area (Å²) in [5, 5.41) is 12.0. The maximum atomic E-state index is 12.9. The number of likely N-dealkylation sites (tertiary alicyclic amines) is 2. The van der Waals surface area contributed by atoms with Gasteiger partial charge < -0.3 is 20.6 Å². The molecule has 2 fully saturated rings. The Morgan fingerprint density at radius 2 is 1.64 bits per heavy atom. The van der Waals surface area contributed by atoms with Crippen molar-refractivity contribution in [3.8, 4) is 0 Å². The molecule has 39 heavy (non-hydrogen) atoms. The lowest BCUT2D eigenvalue weighted by molar-refractivity contribution is -0.228. The van der Waals surface area contributed by atoms with Crippen molar-refractivity contribution >= 4 is 29.2 Å². The molecule has 4 rings (SSSR count). The number of carbonyl (C=O) groups excluding carboxylic acids is 2. The fraction of sp³-hybridized carbons (Fsp3) is 0.500. The lowest BCUT2D eigenvalue weighted by Gasteiger charge is -2.32. The summed E-state index contributed by atoms with van der Waals surface area (Å²) < 4.78 is 38.8. The van der Waals surface area contributed by atoms with E-state index in [1.807, 2.05) is 24.3 Å². The second kappa shape index (κ2) is 12.1. The van der Waals surface area contributed by atoms with Crippen LogP contribution in [0.5, 0.6) is 0 Å². The first-order valence-corrected chi connectivity index (χ1v) is 13.5. The van der Waals surface area contributed by atoms with Crippen LogP contribution in [-0.4, -0.2) is 65.7 Å². The van der Waals surface area contributed by atoms with Crippen LogP contribution < -0.4 is 10.6 Å². The van der Waals surface area contributed by atoms with Crippen molar-refractivity contribution in [3.63, 3.8) is 0 Å². The monoisotopic (exact) mass is 566 g/mol. The van der Waals surface area contributed by atoms with Crippen molar-refractivity contribution in [1.82, 2.24) is 15.1 Å². The summed E-state index contributed by atoms with van der Waals surface area (Å²) in [4.78, 5) is 27.8. The molecule has 0 aliphatic carbocycles. The van der Waals surface area contributed by atoms with Crippen molar-refractivity contribution in [3.05, 3.63) is 65.2 Å². The summed E-state index contributed by atoms with van der Waals surface area (Å²) in [6.07, 6.45) is -0.931. The molecule has 0 spiro atoms. The smallest absolute Gasteiger partial charge is 0.364 e. The third kappa shape index (κ3) is 7.64. The Labute approximate surface area is 231 Å². The van der Waals surface area contributed by atoms with Crippen LogP contribution >= 0.6 is 11.6 Å². The topological polar surface area (TPSA) is 84.9 Å². The molecule has 212 valence electrons. The van der Waals surface area contributed by atoms with Gasteiger partial charge in [0.2, 0.25) is 5.91 Å². The minimum atomic E-state index is -4.96. The molecule has 2 aliphatic heterocycles. The van der Waals surface area contributed by atoms with Gasteiger partial charge in [-0.1, -0.05) is 48.0 Å². The highest BCUT2D eigenvalue weighted by Crippen LogP contribution is 2.42. The van der Waals surface area contributed by atoms with Gasteiger partial charge >= 0.3 is 12.2 Å². The molecule has 2 unspecified atom stereocenters. The number of piperidine rings is 2. The van der Waals surface area contributed by atoms with Gasteiger partial charge in [-0.25, -0.2) is 4.79 Å². The SMILES string of the molecule is CN1CC(NC(=O)Nc2ccc(CC3CCN(Cc4ccc(C(O)(Cl)C(F)(F)F)cc4)CC3)cc2)CCC1=O. The van der Waals surface area contributed by atoms with Crippen LogP contribution in [0.15, 0.2) is 48.5 Å². The molecular weight excluding hydrogens is 533 g/mol. The minimum absolute atomic E-state index is 0.0581. The van der Waals surface area contributed by atoms with Gasteiger partial charge in [-0.15, -0.1) is 0 Å². The highest BCUT2D eigenvalue weighted by atomic mass is 35.5. The molecule has 2 aromatic rings. The van der Waals surface area contributed by atoms with Gasteiger partial charge in [0.1, 0.15) is 0 Å². The number of halogens is 4. The van der Waals surface area contributed by atoms with E-state index in [1.165, 1.54) is 17.7 Å². The van der Waals surface area contributed by atoms with Crippen LogP contribution in [0.25, 0.3) is 0 Å². The van der Waals surface area contributed by atoms with E-state index < -0.39 is 16.8 Å². The molecule has 0 bridgehead atoms. The molecule has 3 amide bonds. The Morgan fingerprint density at radius 1 is 1.03 bits per heavy atom. The van der Waals surface area contributed by atoms with Crippen LogP contribution in [0.3, 0.4) is 0 Å². The Morgan fingerprint density at radius 3 is 2.23 bits per heavy atom. The molecule has 7 nitrogen and oxygen atoms in total. The number of hydrogen-bond acceptors (Lipinski definition) is 4. The average Bonchev–Trinajstić information content (AvgIpc) is 2.88. The quantitative estimate of drug-likeness (QED) is 0.419. The maximum absolute atomic E-state index is 12.9. The fourth-order valence-corrected chi connectivity index (χ4v) is 5.27. The fourth-order valence-electron chi connectivity index (χ4n) is 5.14. The summed E-state index contributed by atoms with van der Waals surface area (Å²) in [6, 6.07) is 13.1. The van der Waals surface area contributed by atoms with E-state index in [2.05, 4.69) is 15.5 Å². The second-order valence-corrected chi connectivity index (χ2v) is 11.1. The normalized spacial score (nSPS) is 20.9. The summed E-state index contributed by atoms with van der Waals surface area (Å²) in [7, 11) is 1.74. The molecule has 2 aliphatic rings. The van der Waals surface area contributed by atoms with E-state index in [-0.39, 0.29) is 18.0 Å². The van der Waals surface area contributed by atoms with Crippen LogP contribution in [-0.2, 0) is 22.8 Å². The molecule has 0 radical (unpaired) electrons. The Hall–Kier alpha value is -2.82. The van der Waals surface area contributed by atoms with Gasteiger partial charge in [-0.05, 0) is 68.0 Å². The van der Waals surface area contributed by atoms with Gasteiger partial charge in [0.25, 0.3) is 5.06 Å². The Kier molecular flexibility index (Phi) is 9.08. The van der Waals surface area contributed by atoms with Crippen molar-refractivity contribution in [2.45, 2.75) is 55.9 Å². The number of likely N-dealkylation sites (N-methyl/N-ethyl adjacent to an activating group) is 1.